The molecule has 0 bridgehead atoms. The molecule has 7 nitrogen and oxygen atoms in total. The molecule has 0 radical (unpaired) electrons. The van der Waals surface area contributed by atoms with Gasteiger partial charge in [0.15, 0.2) is 0 Å². The van der Waals surface area contributed by atoms with Gasteiger partial charge in [-0.1, -0.05) is 11.6 Å². The van der Waals surface area contributed by atoms with Gasteiger partial charge in [-0.15, -0.1) is 0 Å². The Morgan fingerprint density at radius 1 is 1.48 bits per heavy atom. The maximum Gasteiger partial charge on any atom is 0.343 e. The van der Waals surface area contributed by atoms with Crippen molar-refractivity contribution in [2.24, 2.45) is 0 Å². The molecule has 1 fully saturated rings. The lowest BCUT2D eigenvalue weighted by Gasteiger charge is -2.12. The van der Waals surface area contributed by atoms with Crippen molar-refractivity contribution in [3.05, 3.63) is 49.3 Å². The second-order valence-corrected chi connectivity index (χ2v) is 5.72. The number of pyridine rings is 1. The van der Waals surface area contributed by atoms with E-state index in [9.17, 15) is 19.7 Å². The molecule has 23 heavy (non-hydrogen) atoms. The Hall–Kier alpha value is -2.41. The maximum atomic E-state index is 12.5. The van der Waals surface area contributed by atoms with Crippen molar-refractivity contribution in [3.63, 3.8) is 0 Å². The van der Waals surface area contributed by atoms with E-state index in [4.69, 9.17) is 16.3 Å². The predicted octanol–water partition coefficient (Wildman–Crippen LogP) is 3.07. The average Bonchev–Trinajstić information content (AvgIpc) is 3.31. The van der Waals surface area contributed by atoms with Crippen LogP contribution in [-0.2, 0) is 4.74 Å². The number of halogens is 1. The fraction of sp³-hybridized carbons (Fsp3) is 0.333. The molecule has 0 unspecified atom stereocenters. The highest BCUT2D eigenvalue weighted by Crippen LogP contribution is 2.38. The smallest absolute Gasteiger partial charge is 0.343 e. The Morgan fingerprint density at radius 2 is 2.17 bits per heavy atom. The number of benzene rings is 1. The summed E-state index contributed by atoms with van der Waals surface area (Å²) in [6.07, 6.45) is 3.28. The van der Waals surface area contributed by atoms with Crippen LogP contribution in [0.2, 0.25) is 5.02 Å². The SMILES string of the molecule is CCOC(=O)c1cn(C2CC2)c2cc(Cl)c([N+](=O)[O-])cc2c1=O. The highest BCUT2D eigenvalue weighted by molar-refractivity contribution is 6.33. The van der Waals surface area contributed by atoms with Crippen molar-refractivity contribution in [1.29, 1.82) is 0 Å². The van der Waals surface area contributed by atoms with Crippen LogP contribution in [0.5, 0.6) is 0 Å². The number of aromatic nitrogens is 1. The van der Waals surface area contributed by atoms with E-state index in [2.05, 4.69) is 0 Å². The molecule has 0 N–H and O–H groups in total. The molecule has 1 aliphatic carbocycles. The topological polar surface area (TPSA) is 91.4 Å². The largest absolute Gasteiger partial charge is 0.462 e. The molecule has 1 aromatic heterocycles. The summed E-state index contributed by atoms with van der Waals surface area (Å²) >= 11 is 5.95. The lowest BCUT2D eigenvalue weighted by molar-refractivity contribution is -0.384. The highest BCUT2D eigenvalue weighted by atomic mass is 35.5. The first kappa shape index (κ1) is 15.5. The number of fused-ring (bicyclic) bond motifs is 1. The lowest BCUT2D eigenvalue weighted by atomic mass is 10.1. The first-order valence-corrected chi connectivity index (χ1v) is 7.51. The van der Waals surface area contributed by atoms with E-state index in [1.165, 1.54) is 12.3 Å². The van der Waals surface area contributed by atoms with Crippen LogP contribution < -0.4 is 5.43 Å². The van der Waals surface area contributed by atoms with E-state index in [-0.39, 0.29) is 34.3 Å². The zero-order valence-corrected chi connectivity index (χ0v) is 13.0. The minimum atomic E-state index is -0.730. The van der Waals surface area contributed by atoms with Crippen LogP contribution >= 0.6 is 11.6 Å². The molecular weight excluding hydrogens is 324 g/mol. The third-order valence-electron chi connectivity index (χ3n) is 3.73. The normalized spacial score (nSPS) is 14.0. The van der Waals surface area contributed by atoms with Gasteiger partial charge in [-0.2, -0.15) is 0 Å². The molecule has 3 rings (SSSR count). The van der Waals surface area contributed by atoms with Crippen molar-refractivity contribution in [2.45, 2.75) is 25.8 Å². The number of ether oxygens (including phenoxy) is 1. The fourth-order valence-electron chi connectivity index (χ4n) is 2.51. The second kappa shape index (κ2) is 5.66. The van der Waals surface area contributed by atoms with Crippen molar-refractivity contribution < 1.29 is 14.5 Å². The average molecular weight is 337 g/mol. The number of hydrogen-bond acceptors (Lipinski definition) is 5. The Balaban J connectivity index is 2.34. The summed E-state index contributed by atoms with van der Waals surface area (Å²) in [6.45, 7) is 1.78. The molecule has 0 aliphatic heterocycles. The number of nitro benzene ring substituents is 1. The molecule has 1 heterocycles. The summed E-state index contributed by atoms with van der Waals surface area (Å²) in [5, 5.41) is 11.1. The van der Waals surface area contributed by atoms with Gasteiger partial charge < -0.3 is 9.30 Å². The molecule has 0 amide bonds. The fourth-order valence-corrected chi connectivity index (χ4v) is 2.74. The third-order valence-corrected chi connectivity index (χ3v) is 4.04. The third kappa shape index (κ3) is 2.68. The van der Waals surface area contributed by atoms with Gasteiger partial charge in [0, 0.05) is 18.3 Å². The van der Waals surface area contributed by atoms with Crippen molar-refractivity contribution >= 4 is 34.2 Å². The first-order chi connectivity index (χ1) is 10.9. The van der Waals surface area contributed by atoms with Gasteiger partial charge in [0.2, 0.25) is 5.43 Å². The molecule has 2 aromatic rings. The van der Waals surface area contributed by atoms with E-state index in [0.717, 1.165) is 18.9 Å². The van der Waals surface area contributed by atoms with Crippen molar-refractivity contribution in [2.75, 3.05) is 6.61 Å². The zero-order chi connectivity index (χ0) is 16.7. The summed E-state index contributed by atoms with van der Waals surface area (Å²) in [5.41, 5.74) is -0.584. The van der Waals surface area contributed by atoms with Crippen LogP contribution in [0, 0.1) is 10.1 Å². The highest BCUT2D eigenvalue weighted by Gasteiger charge is 2.28. The van der Waals surface area contributed by atoms with Crippen molar-refractivity contribution in [1.82, 2.24) is 4.57 Å². The summed E-state index contributed by atoms with van der Waals surface area (Å²) < 4.78 is 6.68. The van der Waals surface area contributed by atoms with Gasteiger partial charge in [0.05, 0.1) is 22.4 Å². The molecular formula is C15H13ClN2O5. The minimum Gasteiger partial charge on any atom is -0.462 e. The summed E-state index contributed by atoms with van der Waals surface area (Å²) in [6, 6.07) is 2.69. The second-order valence-electron chi connectivity index (χ2n) is 5.31. The van der Waals surface area contributed by atoms with Crippen LogP contribution in [-0.4, -0.2) is 22.1 Å². The van der Waals surface area contributed by atoms with Crippen LogP contribution in [0.1, 0.15) is 36.2 Å². The van der Waals surface area contributed by atoms with E-state index in [0.29, 0.717) is 5.52 Å². The Morgan fingerprint density at radius 3 is 2.74 bits per heavy atom. The monoisotopic (exact) mass is 336 g/mol. The summed E-state index contributed by atoms with van der Waals surface area (Å²) in [4.78, 5) is 34.9. The molecule has 120 valence electrons. The van der Waals surface area contributed by atoms with Crippen LogP contribution in [0.25, 0.3) is 10.9 Å². The maximum absolute atomic E-state index is 12.5. The standard InChI is InChI=1S/C15H13ClN2O5/c1-2-23-15(20)10-7-17(8-3-4-8)12-6-11(16)13(18(21)22)5-9(12)14(10)19/h5-8H,2-4H2,1H3. The molecule has 0 spiro atoms. The van der Waals surface area contributed by atoms with E-state index in [1.807, 2.05) is 0 Å². The molecule has 0 saturated heterocycles. The van der Waals surface area contributed by atoms with Gasteiger partial charge in [-0.05, 0) is 25.8 Å². The first-order valence-electron chi connectivity index (χ1n) is 7.14. The molecule has 1 aromatic carbocycles. The molecule has 1 saturated carbocycles. The Bertz CT molecular complexity index is 886. The quantitative estimate of drug-likeness (QED) is 0.486. The van der Waals surface area contributed by atoms with Crippen LogP contribution in [0.4, 0.5) is 5.69 Å². The zero-order valence-electron chi connectivity index (χ0n) is 12.2. The summed E-state index contributed by atoms with van der Waals surface area (Å²) in [5.74, 6) is -0.730. The van der Waals surface area contributed by atoms with Gasteiger partial charge in [0.25, 0.3) is 5.69 Å². The number of nitro groups is 1. The number of nitrogens with zero attached hydrogens (tertiary/aromatic N) is 2. The number of carbonyl (C=O) groups is 1. The Labute approximate surface area is 135 Å². The predicted molar refractivity (Wildman–Crippen MR) is 84.1 cm³/mol. The lowest BCUT2D eigenvalue weighted by Crippen LogP contribution is -2.21. The van der Waals surface area contributed by atoms with Gasteiger partial charge in [-0.25, -0.2) is 4.79 Å². The summed E-state index contributed by atoms with van der Waals surface area (Å²) in [7, 11) is 0. The van der Waals surface area contributed by atoms with E-state index in [1.54, 1.807) is 11.5 Å². The van der Waals surface area contributed by atoms with Crippen LogP contribution in [0.15, 0.2) is 23.1 Å². The number of hydrogen-bond donors (Lipinski definition) is 0. The molecule has 1 aliphatic rings. The minimum absolute atomic E-state index is 0.0415. The Kier molecular flexibility index (Phi) is 3.81. The number of carbonyl (C=O) groups excluding carboxylic acids is 1. The van der Waals surface area contributed by atoms with E-state index < -0.39 is 16.3 Å². The van der Waals surface area contributed by atoms with Crippen LogP contribution in [0.3, 0.4) is 0 Å². The molecule has 0 atom stereocenters. The molecule has 8 heteroatoms. The number of rotatable bonds is 4. The van der Waals surface area contributed by atoms with Gasteiger partial charge in [-0.3, -0.25) is 14.9 Å². The van der Waals surface area contributed by atoms with E-state index >= 15 is 0 Å². The van der Waals surface area contributed by atoms with Gasteiger partial charge >= 0.3 is 5.97 Å². The van der Waals surface area contributed by atoms with Gasteiger partial charge in [0.1, 0.15) is 10.6 Å². The number of esters is 1. The van der Waals surface area contributed by atoms with Crippen molar-refractivity contribution in [3.8, 4) is 0 Å².